The van der Waals surface area contributed by atoms with Gasteiger partial charge in [0.15, 0.2) is 0 Å². The van der Waals surface area contributed by atoms with Gasteiger partial charge < -0.3 is 26.0 Å². The number of carboxylic acid groups (broad SMARTS) is 1. The third kappa shape index (κ3) is 8.39. The van der Waals surface area contributed by atoms with Crippen molar-refractivity contribution >= 4 is 11.9 Å². The van der Waals surface area contributed by atoms with Gasteiger partial charge in [0, 0.05) is 5.92 Å². The van der Waals surface area contributed by atoms with Crippen LogP contribution in [0.5, 0.6) is 11.5 Å². The highest BCUT2D eigenvalue weighted by atomic mass is 16.5. The zero-order valence-corrected chi connectivity index (χ0v) is 14.6. The summed E-state index contributed by atoms with van der Waals surface area (Å²) in [5, 5.41) is 8.81. The fourth-order valence-corrected chi connectivity index (χ4v) is 2.49. The molecule has 0 fully saturated rings. The molecule has 1 rings (SSSR count). The number of carbonyl (C=O) groups excluding carboxylic acids is 1. The van der Waals surface area contributed by atoms with Gasteiger partial charge in [-0.15, -0.1) is 0 Å². The van der Waals surface area contributed by atoms with Crippen molar-refractivity contribution in [3.8, 4) is 11.5 Å². The van der Waals surface area contributed by atoms with Crippen LogP contribution in [0.3, 0.4) is 0 Å². The van der Waals surface area contributed by atoms with Crippen LogP contribution in [-0.4, -0.2) is 36.7 Å². The molecule has 1 aromatic carbocycles. The molecule has 1 amide bonds. The number of hydrogen-bond acceptors (Lipinski definition) is 5. The summed E-state index contributed by atoms with van der Waals surface area (Å²) < 4.78 is 10.7. The Balaban J connectivity index is 2.15. The number of unbranched alkanes of at least 4 members (excludes halogenated alkanes) is 3. The summed E-state index contributed by atoms with van der Waals surface area (Å²) in [5.74, 6) is -0.487. The Bertz CT molecular complexity index is 533. The fourth-order valence-electron chi connectivity index (χ4n) is 2.49. The summed E-state index contributed by atoms with van der Waals surface area (Å²) in [6.07, 6.45) is 4.26. The molecule has 0 heterocycles. The van der Waals surface area contributed by atoms with Gasteiger partial charge in [-0.3, -0.25) is 9.59 Å². The molecule has 0 radical (unpaired) electrons. The summed E-state index contributed by atoms with van der Waals surface area (Å²) in [6, 6.07) is 6.38. The maximum Gasteiger partial charge on any atom is 0.320 e. The first-order valence-corrected chi connectivity index (χ1v) is 8.48. The first-order valence-electron chi connectivity index (χ1n) is 8.48. The van der Waals surface area contributed by atoms with E-state index in [9.17, 15) is 9.59 Å². The van der Waals surface area contributed by atoms with E-state index in [0.29, 0.717) is 13.0 Å². The summed E-state index contributed by atoms with van der Waals surface area (Å²) in [4.78, 5) is 22.1. The van der Waals surface area contributed by atoms with Crippen LogP contribution in [0.15, 0.2) is 24.3 Å². The van der Waals surface area contributed by atoms with Gasteiger partial charge in [0.1, 0.15) is 17.5 Å². The van der Waals surface area contributed by atoms with Crippen molar-refractivity contribution in [3.05, 3.63) is 24.3 Å². The third-order valence-corrected chi connectivity index (χ3v) is 4.03. The second kappa shape index (κ2) is 11.3. The first kappa shape index (κ1) is 20.8. The molecule has 0 aliphatic heterocycles. The van der Waals surface area contributed by atoms with E-state index in [1.165, 1.54) is 0 Å². The van der Waals surface area contributed by atoms with Crippen LogP contribution in [0.4, 0.5) is 0 Å². The molecule has 0 saturated carbocycles. The van der Waals surface area contributed by atoms with E-state index in [1.54, 1.807) is 7.11 Å². The molecule has 0 aromatic heterocycles. The van der Waals surface area contributed by atoms with Gasteiger partial charge in [-0.05, 0) is 43.5 Å². The quantitative estimate of drug-likeness (QED) is 0.466. The van der Waals surface area contributed by atoms with Gasteiger partial charge in [0.2, 0.25) is 5.91 Å². The molecule has 0 bridgehead atoms. The maximum absolute atomic E-state index is 11.4. The predicted octanol–water partition coefficient (Wildman–Crippen LogP) is 1.93. The van der Waals surface area contributed by atoms with Gasteiger partial charge >= 0.3 is 5.97 Å². The van der Waals surface area contributed by atoms with Crippen LogP contribution in [0, 0.1) is 5.92 Å². The molecule has 5 N–H and O–H groups in total. The Hall–Kier alpha value is -2.28. The molecule has 0 saturated heterocycles. The number of nitrogens with two attached hydrogens (primary N) is 2. The number of amides is 1. The van der Waals surface area contributed by atoms with E-state index in [0.717, 1.165) is 37.2 Å². The number of primary amides is 1. The normalized spacial score (nSPS) is 13.0. The minimum atomic E-state index is -1.11. The molecular formula is C18H28N2O5. The molecular weight excluding hydrogens is 324 g/mol. The van der Waals surface area contributed by atoms with Crippen LogP contribution in [0.2, 0.25) is 0 Å². The van der Waals surface area contributed by atoms with E-state index in [-0.39, 0.29) is 6.42 Å². The van der Waals surface area contributed by atoms with E-state index < -0.39 is 23.8 Å². The number of carbonyl (C=O) groups is 2. The summed E-state index contributed by atoms with van der Waals surface area (Å²) in [6.45, 7) is 0.621. The average Bonchev–Trinajstić information content (AvgIpc) is 2.59. The topological polar surface area (TPSA) is 125 Å². The largest absolute Gasteiger partial charge is 0.497 e. The molecule has 7 heteroatoms. The number of hydrogen-bond donors (Lipinski definition) is 3. The van der Waals surface area contributed by atoms with E-state index in [1.807, 2.05) is 24.3 Å². The van der Waals surface area contributed by atoms with E-state index in [2.05, 4.69) is 0 Å². The zero-order valence-electron chi connectivity index (χ0n) is 14.6. The Morgan fingerprint density at radius 1 is 1.08 bits per heavy atom. The van der Waals surface area contributed by atoms with Crippen molar-refractivity contribution in [1.29, 1.82) is 0 Å². The second-order valence-corrected chi connectivity index (χ2v) is 6.01. The number of carboxylic acids is 1. The van der Waals surface area contributed by atoms with Crippen LogP contribution >= 0.6 is 0 Å². The molecule has 2 atom stereocenters. The van der Waals surface area contributed by atoms with E-state index in [4.69, 9.17) is 26.0 Å². The highest BCUT2D eigenvalue weighted by Crippen LogP contribution is 2.18. The highest BCUT2D eigenvalue weighted by Gasteiger charge is 2.22. The molecule has 140 valence electrons. The summed E-state index contributed by atoms with van der Waals surface area (Å²) in [5.41, 5.74) is 10.8. The van der Waals surface area contributed by atoms with Crippen molar-refractivity contribution < 1.29 is 24.2 Å². The van der Waals surface area contributed by atoms with Crippen LogP contribution < -0.4 is 20.9 Å². The van der Waals surface area contributed by atoms with Gasteiger partial charge in [0.25, 0.3) is 0 Å². The summed E-state index contributed by atoms with van der Waals surface area (Å²) >= 11 is 0. The van der Waals surface area contributed by atoms with Crippen LogP contribution in [-0.2, 0) is 9.59 Å². The van der Waals surface area contributed by atoms with Crippen LogP contribution in [0.1, 0.15) is 38.5 Å². The van der Waals surface area contributed by atoms with Gasteiger partial charge in [-0.2, -0.15) is 0 Å². The lowest BCUT2D eigenvalue weighted by Gasteiger charge is -2.15. The molecule has 1 unspecified atom stereocenters. The lowest BCUT2D eigenvalue weighted by atomic mass is 9.93. The van der Waals surface area contributed by atoms with Crippen molar-refractivity contribution in [1.82, 2.24) is 0 Å². The lowest BCUT2D eigenvalue weighted by molar-refractivity contribution is -0.139. The Morgan fingerprint density at radius 3 is 2.24 bits per heavy atom. The van der Waals surface area contributed by atoms with Gasteiger partial charge in [-0.25, -0.2) is 0 Å². The molecule has 0 aliphatic rings. The van der Waals surface area contributed by atoms with Crippen molar-refractivity contribution in [2.75, 3.05) is 13.7 Å². The number of benzene rings is 1. The average molecular weight is 352 g/mol. The van der Waals surface area contributed by atoms with Crippen molar-refractivity contribution in [2.45, 2.75) is 44.6 Å². The fraction of sp³-hybridized carbons (Fsp3) is 0.556. The second-order valence-electron chi connectivity index (χ2n) is 6.01. The number of aliphatic carboxylic acids is 1. The van der Waals surface area contributed by atoms with Crippen molar-refractivity contribution in [2.24, 2.45) is 17.4 Å². The molecule has 0 spiro atoms. The SMILES string of the molecule is COc1ccc(OCCCCCCC(C[C@H](N)C(=O)O)C(N)=O)cc1. The predicted molar refractivity (Wildman–Crippen MR) is 94.5 cm³/mol. The smallest absolute Gasteiger partial charge is 0.320 e. The van der Waals surface area contributed by atoms with Crippen LogP contribution in [0.25, 0.3) is 0 Å². The number of ether oxygens (including phenoxy) is 2. The monoisotopic (exact) mass is 352 g/mol. The van der Waals surface area contributed by atoms with Gasteiger partial charge in [0.05, 0.1) is 13.7 Å². The highest BCUT2D eigenvalue weighted by molar-refractivity contribution is 5.79. The third-order valence-electron chi connectivity index (χ3n) is 4.03. The number of rotatable bonds is 13. The Kier molecular flexibility index (Phi) is 9.39. The molecule has 0 aliphatic carbocycles. The summed E-state index contributed by atoms with van der Waals surface area (Å²) in [7, 11) is 1.62. The molecule has 1 aromatic rings. The standard InChI is InChI=1S/C18H28N2O5/c1-24-14-7-9-15(10-8-14)25-11-5-3-2-4-6-13(17(20)21)12-16(19)18(22)23/h7-10,13,16H,2-6,11-12,19H2,1H3,(H2,20,21)(H,22,23)/t13?,16-/m0/s1. The minimum Gasteiger partial charge on any atom is -0.497 e. The zero-order chi connectivity index (χ0) is 18.7. The Labute approximate surface area is 148 Å². The van der Waals surface area contributed by atoms with Gasteiger partial charge in [-0.1, -0.05) is 19.3 Å². The van der Waals surface area contributed by atoms with E-state index >= 15 is 0 Å². The first-order chi connectivity index (χ1) is 11.9. The Morgan fingerprint density at radius 2 is 1.68 bits per heavy atom. The van der Waals surface area contributed by atoms with Crippen molar-refractivity contribution in [3.63, 3.8) is 0 Å². The minimum absolute atomic E-state index is 0.0885. The molecule has 7 nitrogen and oxygen atoms in total. The number of methoxy groups -OCH3 is 1. The lowest BCUT2D eigenvalue weighted by Crippen LogP contribution is -2.36. The maximum atomic E-state index is 11.4. The molecule has 25 heavy (non-hydrogen) atoms.